The Morgan fingerprint density at radius 2 is 1.80 bits per heavy atom. The van der Waals surface area contributed by atoms with E-state index in [2.05, 4.69) is 4.90 Å². The number of hydrogen-bond acceptors (Lipinski definition) is 10. The number of nitro groups is 1. The van der Waals surface area contributed by atoms with E-state index < -0.39 is 16.9 Å². The van der Waals surface area contributed by atoms with Crippen molar-refractivity contribution in [2.24, 2.45) is 4.99 Å². The number of rotatable bonds is 9. The molecule has 0 bridgehead atoms. The zero-order valence-electron chi connectivity index (χ0n) is 25.4. The van der Waals surface area contributed by atoms with Gasteiger partial charge in [-0.05, 0) is 43.7 Å². The van der Waals surface area contributed by atoms with Gasteiger partial charge in [0, 0.05) is 42.0 Å². The molecule has 3 aromatic carbocycles. The normalized spacial score (nSPS) is 16.5. The Bertz CT molecular complexity index is 1980. The number of fused-ring (bicyclic) bond motifs is 1. The second-order valence-electron chi connectivity index (χ2n) is 10.5. The molecule has 3 heterocycles. The van der Waals surface area contributed by atoms with Crippen LogP contribution >= 0.6 is 11.3 Å². The lowest BCUT2D eigenvalue weighted by Gasteiger charge is -2.30. The molecule has 0 spiro atoms. The Hall–Kier alpha value is -5.07. The van der Waals surface area contributed by atoms with Crippen molar-refractivity contribution >= 4 is 40.5 Å². The number of nitrogens with zero attached hydrogens (tertiary/aromatic N) is 4. The zero-order valence-corrected chi connectivity index (χ0v) is 26.2. The van der Waals surface area contributed by atoms with Crippen LogP contribution in [0.4, 0.5) is 11.4 Å². The van der Waals surface area contributed by atoms with Crippen molar-refractivity contribution in [3.63, 3.8) is 0 Å². The predicted molar refractivity (Wildman–Crippen MR) is 175 cm³/mol. The summed E-state index contributed by atoms with van der Waals surface area (Å²) in [5, 5.41) is 11.7. The summed E-state index contributed by atoms with van der Waals surface area (Å²) in [5.41, 5.74) is 2.86. The number of hydrogen-bond donors (Lipinski definition) is 0. The molecule has 236 valence electrons. The van der Waals surface area contributed by atoms with Gasteiger partial charge in [0.05, 0.1) is 53.2 Å². The Morgan fingerprint density at radius 1 is 1.07 bits per heavy atom. The van der Waals surface area contributed by atoms with Gasteiger partial charge in [-0.3, -0.25) is 19.5 Å². The van der Waals surface area contributed by atoms with Crippen LogP contribution in [0.15, 0.2) is 88.2 Å². The molecule has 6 rings (SSSR count). The minimum atomic E-state index is -0.854. The molecule has 0 saturated carbocycles. The van der Waals surface area contributed by atoms with Gasteiger partial charge >= 0.3 is 5.97 Å². The highest BCUT2D eigenvalue weighted by Crippen LogP contribution is 2.36. The van der Waals surface area contributed by atoms with E-state index in [9.17, 15) is 19.7 Å². The summed E-state index contributed by atoms with van der Waals surface area (Å²) in [5.74, 6) is 0.0801. The summed E-state index contributed by atoms with van der Waals surface area (Å²) < 4.78 is 18.5. The van der Waals surface area contributed by atoms with Crippen molar-refractivity contribution in [3.05, 3.63) is 125 Å². The standard InChI is InChI=1S/C34H32N4O7S/c1-3-44-26-13-10-23(11-14-26)31-29(33(40)45-4-2)30(22-8-6-5-7-9-22)35-34-37(31)32(39)28(46-34)21-24-20-25(38(41)42)12-15-27(24)36-16-18-43-19-17-36/h5-15,20-21,31H,3-4,16-19H2,1-2H3/b28-21+/t31-/m1/s1. The van der Waals surface area contributed by atoms with E-state index in [1.54, 1.807) is 31.2 Å². The summed E-state index contributed by atoms with van der Waals surface area (Å²) >= 11 is 1.17. The number of carbonyl (C=O) groups excluding carboxylic acids is 1. The molecule has 11 nitrogen and oxygen atoms in total. The number of thiazole rings is 1. The lowest BCUT2D eigenvalue weighted by atomic mass is 9.93. The second kappa shape index (κ2) is 13.5. The Labute approximate surface area is 268 Å². The molecule has 1 atom stereocenters. The third-order valence-corrected chi connectivity index (χ3v) is 8.72. The molecule has 2 aliphatic rings. The van der Waals surface area contributed by atoms with E-state index in [0.29, 0.717) is 70.4 Å². The first-order valence-corrected chi connectivity index (χ1v) is 15.8. The smallest absolute Gasteiger partial charge is 0.338 e. The number of benzene rings is 3. The number of morpholine rings is 1. The fourth-order valence-corrected chi connectivity index (χ4v) is 6.67. The maximum Gasteiger partial charge on any atom is 0.338 e. The van der Waals surface area contributed by atoms with Crippen molar-refractivity contribution in [2.45, 2.75) is 19.9 Å². The quantitative estimate of drug-likeness (QED) is 0.152. The number of anilines is 1. The van der Waals surface area contributed by atoms with E-state index in [0.717, 1.165) is 5.69 Å². The van der Waals surface area contributed by atoms with Crippen LogP contribution < -0.4 is 24.5 Å². The van der Waals surface area contributed by atoms with Gasteiger partial charge in [0.15, 0.2) is 4.80 Å². The van der Waals surface area contributed by atoms with Crippen LogP contribution in [0.25, 0.3) is 11.8 Å². The van der Waals surface area contributed by atoms with Gasteiger partial charge in [0.25, 0.3) is 11.2 Å². The number of nitro benzene ring substituents is 1. The monoisotopic (exact) mass is 640 g/mol. The van der Waals surface area contributed by atoms with Crippen LogP contribution in [0, 0.1) is 10.1 Å². The summed E-state index contributed by atoms with van der Waals surface area (Å²) in [6, 6.07) is 20.4. The minimum absolute atomic E-state index is 0.0840. The molecule has 0 aliphatic carbocycles. The minimum Gasteiger partial charge on any atom is -0.494 e. The highest BCUT2D eigenvalue weighted by molar-refractivity contribution is 7.07. The molecular weight excluding hydrogens is 608 g/mol. The lowest BCUT2D eigenvalue weighted by Crippen LogP contribution is -2.40. The lowest BCUT2D eigenvalue weighted by molar-refractivity contribution is -0.384. The zero-order chi connectivity index (χ0) is 32.2. The summed E-state index contributed by atoms with van der Waals surface area (Å²) in [6.07, 6.45) is 1.67. The van der Waals surface area contributed by atoms with Crippen LogP contribution in [0.5, 0.6) is 5.75 Å². The summed E-state index contributed by atoms with van der Waals surface area (Å²) in [6.45, 7) is 6.53. The number of aromatic nitrogens is 1. The number of non-ortho nitro benzene ring substituents is 1. The topological polar surface area (TPSA) is 126 Å². The maximum atomic E-state index is 14.4. The molecule has 46 heavy (non-hydrogen) atoms. The van der Waals surface area contributed by atoms with E-state index in [1.807, 2.05) is 49.4 Å². The summed E-state index contributed by atoms with van der Waals surface area (Å²) in [4.78, 5) is 46.7. The van der Waals surface area contributed by atoms with E-state index in [-0.39, 0.29) is 23.4 Å². The van der Waals surface area contributed by atoms with Crippen molar-refractivity contribution < 1.29 is 23.9 Å². The third kappa shape index (κ3) is 6.09. The molecule has 2 aliphatic heterocycles. The SMILES string of the molecule is CCOC(=O)C1=C(c2ccccc2)N=c2s/c(=C/c3cc([N+](=O)[O-])ccc3N3CCOCC3)c(=O)n2[C@@H]1c1ccc(OCC)cc1. The highest BCUT2D eigenvalue weighted by atomic mass is 32.1. The third-order valence-electron chi connectivity index (χ3n) is 7.74. The van der Waals surface area contributed by atoms with Crippen LogP contribution in [0.2, 0.25) is 0 Å². The maximum absolute atomic E-state index is 14.4. The fourth-order valence-electron chi connectivity index (χ4n) is 5.67. The molecule has 1 saturated heterocycles. The van der Waals surface area contributed by atoms with Crippen molar-refractivity contribution in [2.75, 3.05) is 44.4 Å². The molecular formula is C34H32N4O7S. The Morgan fingerprint density at radius 3 is 2.48 bits per heavy atom. The molecule has 4 aromatic rings. The van der Waals surface area contributed by atoms with Crippen molar-refractivity contribution in [3.8, 4) is 5.75 Å². The molecule has 12 heteroatoms. The van der Waals surface area contributed by atoms with E-state index >= 15 is 0 Å². The predicted octanol–water partition coefficient (Wildman–Crippen LogP) is 4.08. The first-order chi connectivity index (χ1) is 22.4. The number of ether oxygens (including phenoxy) is 3. The molecule has 1 aromatic heterocycles. The van der Waals surface area contributed by atoms with E-state index in [4.69, 9.17) is 19.2 Å². The van der Waals surface area contributed by atoms with Gasteiger partial charge in [0.1, 0.15) is 5.75 Å². The molecule has 0 unspecified atom stereocenters. The van der Waals surface area contributed by atoms with Crippen molar-refractivity contribution in [1.82, 2.24) is 4.57 Å². The average molecular weight is 641 g/mol. The first kappa shape index (κ1) is 30.9. The van der Waals surface area contributed by atoms with Crippen LogP contribution in [0.3, 0.4) is 0 Å². The molecule has 0 amide bonds. The van der Waals surface area contributed by atoms with Gasteiger partial charge in [0.2, 0.25) is 0 Å². The van der Waals surface area contributed by atoms with Gasteiger partial charge in [-0.25, -0.2) is 9.79 Å². The first-order valence-electron chi connectivity index (χ1n) is 15.0. The Balaban J connectivity index is 1.60. The molecule has 0 N–H and O–H groups in total. The largest absolute Gasteiger partial charge is 0.494 e. The number of esters is 1. The van der Waals surface area contributed by atoms with Gasteiger partial charge < -0.3 is 19.1 Å². The van der Waals surface area contributed by atoms with Gasteiger partial charge in [-0.1, -0.05) is 53.8 Å². The van der Waals surface area contributed by atoms with E-state index in [1.165, 1.54) is 28.0 Å². The highest BCUT2D eigenvalue weighted by Gasteiger charge is 2.35. The van der Waals surface area contributed by atoms with Crippen LogP contribution in [-0.2, 0) is 14.3 Å². The van der Waals surface area contributed by atoms with Gasteiger partial charge in [-0.15, -0.1) is 0 Å². The molecule has 1 fully saturated rings. The Kier molecular flexibility index (Phi) is 9.08. The van der Waals surface area contributed by atoms with Gasteiger partial charge in [-0.2, -0.15) is 0 Å². The summed E-state index contributed by atoms with van der Waals surface area (Å²) in [7, 11) is 0. The fraction of sp³-hybridized carbons (Fsp3) is 0.265. The van der Waals surface area contributed by atoms with Crippen LogP contribution in [-0.4, -0.2) is 55.0 Å². The number of carbonyl (C=O) groups is 1. The van der Waals surface area contributed by atoms with Crippen molar-refractivity contribution in [1.29, 1.82) is 0 Å². The molecule has 0 radical (unpaired) electrons. The second-order valence-corrected chi connectivity index (χ2v) is 11.5. The average Bonchev–Trinajstić information content (AvgIpc) is 3.39. The van der Waals surface area contributed by atoms with Crippen LogP contribution in [0.1, 0.15) is 36.6 Å².